The minimum absolute atomic E-state index is 0.817. The van der Waals surface area contributed by atoms with Crippen LogP contribution in [0.1, 0.15) is 5.56 Å². The zero-order valence-electron chi connectivity index (χ0n) is 12.4. The van der Waals surface area contributed by atoms with E-state index in [1.54, 1.807) is 14.2 Å². The van der Waals surface area contributed by atoms with E-state index in [0.29, 0.717) is 0 Å². The second-order valence-corrected chi connectivity index (χ2v) is 4.85. The summed E-state index contributed by atoms with van der Waals surface area (Å²) in [6, 6.07) is 5.95. The van der Waals surface area contributed by atoms with Gasteiger partial charge < -0.3 is 19.5 Å². The van der Waals surface area contributed by atoms with Crippen LogP contribution in [0, 0.1) is 0 Å². The maximum absolute atomic E-state index is 5.34. The van der Waals surface area contributed by atoms with Gasteiger partial charge >= 0.3 is 0 Å². The van der Waals surface area contributed by atoms with E-state index in [1.165, 1.54) is 5.56 Å². The van der Waals surface area contributed by atoms with Crippen molar-refractivity contribution in [3.63, 3.8) is 0 Å². The number of nitrogens with zero attached hydrogens (tertiary/aromatic N) is 1. The minimum atomic E-state index is 0.817. The van der Waals surface area contributed by atoms with Crippen LogP contribution in [0.3, 0.4) is 0 Å². The molecule has 0 saturated carbocycles. The summed E-state index contributed by atoms with van der Waals surface area (Å²) < 4.78 is 15.9. The number of methoxy groups -OCH3 is 2. The Balaban J connectivity index is 1.75. The van der Waals surface area contributed by atoms with E-state index in [2.05, 4.69) is 10.2 Å². The standard InChI is InChI=1S/C15H24N2O3/c1-18-14-9-13(10-15(11-14)19-2)12-16-3-4-17-5-7-20-8-6-17/h9-11,16H,3-8,12H2,1-2H3. The Hall–Kier alpha value is -1.30. The van der Waals surface area contributed by atoms with Gasteiger partial charge in [-0.3, -0.25) is 4.90 Å². The number of hydrogen-bond donors (Lipinski definition) is 1. The van der Waals surface area contributed by atoms with E-state index in [0.717, 1.165) is 57.4 Å². The molecule has 112 valence electrons. The maximum atomic E-state index is 5.34. The molecule has 0 radical (unpaired) electrons. The van der Waals surface area contributed by atoms with Gasteiger partial charge in [-0.05, 0) is 17.7 Å². The molecule has 0 aliphatic carbocycles. The Morgan fingerprint density at radius 2 is 1.75 bits per heavy atom. The molecule has 0 unspecified atom stereocenters. The number of morpholine rings is 1. The van der Waals surface area contributed by atoms with Crippen LogP contribution < -0.4 is 14.8 Å². The van der Waals surface area contributed by atoms with Crippen LogP contribution in [0.4, 0.5) is 0 Å². The molecule has 1 aromatic rings. The van der Waals surface area contributed by atoms with E-state index in [4.69, 9.17) is 14.2 Å². The first-order chi connectivity index (χ1) is 9.81. The first kappa shape index (κ1) is 15.1. The van der Waals surface area contributed by atoms with Crippen LogP contribution in [-0.2, 0) is 11.3 Å². The second kappa shape index (κ2) is 8.09. The SMILES string of the molecule is COc1cc(CNCCN2CCOCC2)cc(OC)c1. The molecule has 1 fully saturated rings. The molecule has 20 heavy (non-hydrogen) atoms. The average molecular weight is 280 g/mol. The lowest BCUT2D eigenvalue weighted by atomic mass is 10.2. The van der Waals surface area contributed by atoms with Crippen molar-refractivity contribution in [3.05, 3.63) is 23.8 Å². The van der Waals surface area contributed by atoms with Crippen LogP contribution >= 0.6 is 0 Å². The lowest BCUT2D eigenvalue weighted by molar-refractivity contribution is 0.0384. The zero-order valence-corrected chi connectivity index (χ0v) is 12.4. The largest absolute Gasteiger partial charge is 0.497 e. The highest BCUT2D eigenvalue weighted by atomic mass is 16.5. The predicted octanol–water partition coefficient (Wildman–Crippen LogP) is 1.13. The summed E-state index contributed by atoms with van der Waals surface area (Å²) in [4.78, 5) is 2.42. The Labute approximate surface area is 120 Å². The molecule has 0 spiro atoms. The average Bonchev–Trinajstić information content (AvgIpc) is 2.52. The molecule has 0 bridgehead atoms. The fraction of sp³-hybridized carbons (Fsp3) is 0.600. The summed E-state index contributed by atoms with van der Waals surface area (Å²) in [5, 5.41) is 3.46. The van der Waals surface area contributed by atoms with Crippen LogP contribution in [0.15, 0.2) is 18.2 Å². The Morgan fingerprint density at radius 3 is 2.35 bits per heavy atom. The molecule has 1 N–H and O–H groups in total. The summed E-state index contributed by atoms with van der Waals surface area (Å²) in [5.41, 5.74) is 1.17. The second-order valence-electron chi connectivity index (χ2n) is 4.85. The summed E-state index contributed by atoms with van der Waals surface area (Å²) >= 11 is 0. The van der Waals surface area contributed by atoms with Gasteiger partial charge in [0.25, 0.3) is 0 Å². The number of hydrogen-bond acceptors (Lipinski definition) is 5. The van der Waals surface area contributed by atoms with Crippen LogP contribution in [-0.4, -0.2) is 58.5 Å². The highest BCUT2D eigenvalue weighted by Crippen LogP contribution is 2.22. The maximum Gasteiger partial charge on any atom is 0.122 e. The van der Waals surface area contributed by atoms with Crippen molar-refractivity contribution in [2.75, 3.05) is 53.6 Å². The van der Waals surface area contributed by atoms with Crippen LogP contribution in [0.25, 0.3) is 0 Å². The number of ether oxygens (including phenoxy) is 3. The van der Waals surface area contributed by atoms with Crippen LogP contribution in [0.2, 0.25) is 0 Å². The van der Waals surface area contributed by atoms with Gasteiger partial charge in [0.2, 0.25) is 0 Å². The monoisotopic (exact) mass is 280 g/mol. The molecule has 5 nitrogen and oxygen atoms in total. The first-order valence-corrected chi connectivity index (χ1v) is 7.04. The third-order valence-corrected chi connectivity index (χ3v) is 3.45. The molecular weight excluding hydrogens is 256 g/mol. The summed E-state index contributed by atoms with van der Waals surface area (Å²) in [7, 11) is 3.34. The predicted molar refractivity (Wildman–Crippen MR) is 78.5 cm³/mol. The minimum Gasteiger partial charge on any atom is -0.497 e. The Kier molecular flexibility index (Phi) is 6.11. The molecule has 2 rings (SSSR count). The molecule has 0 amide bonds. The van der Waals surface area contributed by atoms with Gasteiger partial charge in [-0.25, -0.2) is 0 Å². The van der Waals surface area contributed by atoms with Gasteiger partial charge in [0.1, 0.15) is 11.5 Å². The van der Waals surface area contributed by atoms with Gasteiger partial charge in [-0.2, -0.15) is 0 Å². The molecule has 1 heterocycles. The highest BCUT2D eigenvalue weighted by molar-refractivity contribution is 5.38. The van der Waals surface area contributed by atoms with Crippen molar-refractivity contribution >= 4 is 0 Å². The van der Waals surface area contributed by atoms with E-state index in [-0.39, 0.29) is 0 Å². The fourth-order valence-electron chi connectivity index (χ4n) is 2.26. The lowest BCUT2D eigenvalue weighted by Crippen LogP contribution is -2.40. The first-order valence-electron chi connectivity index (χ1n) is 7.04. The van der Waals surface area contributed by atoms with E-state index < -0.39 is 0 Å². The summed E-state index contributed by atoms with van der Waals surface area (Å²) in [5.74, 6) is 1.66. The summed E-state index contributed by atoms with van der Waals surface area (Å²) in [6.45, 7) is 6.63. The van der Waals surface area contributed by atoms with Crippen LogP contribution in [0.5, 0.6) is 11.5 Å². The van der Waals surface area contributed by atoms with Crippen molar-refractivity contribution in [2.45, 2.75) is 6.54 Å². The number of nitrogens with one attached hydrogen (secondary N) is 1. The third-order valence-electron chi connectivity index (χ3n) is 3.45. The molecule has 1 aliphatic rings. The van der Waals surface area contributed by atoms with Crippen molar-refractivity contribution in [1.82, 2.24) is 10.2 Å². The lowest BCUT2D eigenvalue weighted by Gasteiger charge is -2.26. The quantitative estimate of drug-likeness (QED) is 0.758. The Bertz CT molecular complexity index is 384. The molecule has 5 heteroatoms. The zero-order chi connectivity index (χ0) is 14.2. The van der Waals surface area contributed by atoms with Crippen molar-refractivity contribution in [1.29, 1.82) is 0 Å². The summed E-state index contributed by atoms with van der Waals surface area (Å²) in [6.07, 6.45) is 0. The molecule has 1 aliphatic heterocycles. The molecule has 0 aromatic heterocycles. The fourth-order valence-corrected chi connectivity index (χ4v) is 2.26. The number of rotatable bonds is 7. The van der Waals surface area contributed by atoms with Crippen molar-refractivity contribution in [3.8, 4) is 11.5 Å². The topological polar surface area (TPSA) is 43.0 Å². The van der Waals surface area contributed by atoms with E-state index >= 15 is 0 Å². The third kappa shape index (κ3) is 4.67. The molecule has 1 saturated heterocycles. The van der Waals surface area contributed by atoms with Gasteiger partial charge in [0, 0.05) is 38.8 Å². The molecule has 0 atom stereocenters. The van der Waals surface area contributed by atoms with Crippen molar-refractivity contribution in [2.24, 2.45) is 0 Å². The molecule has 1 aromatic carbocycles. The normalized spacial score (nSPS) is 16.1. The van der Waals surface area contributed by atoms with Gasteiger partial charge in [-0.15, -0.1) is 0 Å². The van der Waals surface area contributed by atoms with E-state index in [1.807, 2.05) is 18.2 Å². The molecular formula is C15H24N2O3. The smallest absolute Gasteiger partial charge is 0.122 e. The van der Waals surface area contributed by atoms with Gasteiger partial charge in [-0.1, -0.05) is 0 Å². The van der Waals surface area contributed by atoms with Gasteiger partial charge in [0.15, 0.2) is 0 Å². The van der Waals surface area contributed by atoms with E-state index in [9.17, 15) is 0 Å². The Morgan fingerprint density at radius 1 is 1.10 bits per heavy atom. The van der Waals surface area contributed by atoms with Crippen molar-refractivity contribution < 1.29 is 14.2 Å². The highest BCUT2D eigenvalue weighted by Gasteiger charge is 2.09. The van der Waals surface area contributed by atoms with Gasteiger partial charge in [0.05, 0.1) is 27.4 Å². The number of benzene rings is 1.